The van der Waals surface area contributed by atoms with Gasteiger partial charge < -0.3 is 0 Å². The molecular weight excluding hydrogens is 251 g/mol. The van der Waals surface area contributed by atoms with E-state index in [-0.39, 0.29) is 10.5 Å². The topological polar surface area (TPSA) is 25.8 Å². The molecule has 0 bridgehead atoms. The van der Waals surface area contributed by atoms with Crippen LogP contribution in [-0.4, -0.2) is 9.97 Å². The molecule has 3 aromatic rings. The van der Waals surface area contributed by atoms with Crippen molar-refractivity contribution in [2.24, 2.45) is 0 Å². The van der Waals surface area contributed by atoms with Gasteiger partial charge in [0.2, 0.25) is 0 Å². The van der Waals surface area contributed by atoms with Crippen LogP contribution in [0, 0.1) is 5.82 Å². The molecular formula is C14H8ClFN2. The lowest BCUT2D eigenvalue weighted by atomic mass is 10.2. The maximum atomic E-state index is 13.6. The molecule has 0 N–H and O–H groups in total. The molecule has 0 atom stereocenters. The van der Waals surface area contributed by atoms with Gasteiger partial charge in [-0.1, -0.05) is 48.0 Å². The van der Waals surface area contributed by atoms with Gasteiger partial charge in [-0.25, -0.2) is 14.4 Å². The van der Waals surface area contributed by atoms with Gasteiger partial charge >= 0.3 is 0 Å². The minimum Gasteiger partial charge on any atom is -0.228 e. The normalized spacial score (nSPS) is 10.8. The molecule has 0 amide bonds. The lowest BCUT2D eigenvalue weighted by Crippen LogP contribution is -1.93. The Morgan fingerprint density at radius 2 is 1.67 bits per heavy atom. The summed E-state index contributed by atoms with van der Waals surface area (Å²) in [5.41, 5.74) is 1.36. The van der Waals surface area contributed by atoms with Gasteiger partial charge in [-0.15, -0.1) is 0 Å². The Kier molecular flexibility index (Phi) is 2.68. The summed E-state index contributed by atoms with van der Waals surface area (Å²) in [6.07, 6.45) is 0. The SMILES string of the molecule is Fc1cccc2nc(-c3ccccc3)nc(Cl)c12. The predicted molar refractivity (Wildman–Crippen MR) is 69.9 cm³/mol. The maximum absolute atomic E-state index is 13.6. The molecule has 0 saturated carbocycles. The second-order valence-corrected chi connectivity index (χ2v) is 4.20. The fraction of sp³-hybridized carbons (Fsp3) is 0. The van der Waals surface area contributed by atoms with E-state index in [4.69, 9.17) is 11.6 Å². The number of benzene rings is 2. The molecule has 0 unspecified atom stereocenters. The summed E-state index contributed by atoms with van der Waals surface area (Å²) >= 11 is 6.03. The predicted octanol–water partition coefficient (Wildman–Crippen LogP) is 4.09. The van der Waals surface area contributed by atoms with Crippen LogP contribution in [0.5, 0.6) is 0 Å². The van der Waals surface area contributed by atoms with Crippen LogP contribution in [0.25, 0.3) is 22.3 Å². The minimum absolute atomic E-state index is 0.136. The molecule has 0 aliphatic carbocycles. The average molecular weight is 259 g/mol. The number of hydrogen-bond acceptors (Lipinski definition) is 2. The molecule has 2 aromatic carbocycles. The van der Waals surface area contributed by atoms with Crippen LogP contribution in [-0.2, 0) is 0 Å². The Labute approximate surface area is 108 Å². The van der Waals surface area contributed by atoms with E-state index in [1.807, 2.05) is 30.3 Å². The number of fused-ring (bicyclic) bond motifs is 1. The summed E-state index contributed by atoms with van der Waals surface area (Å²) < 4.78 is 13.6. The monoisotopic (exact) mass is 258 g/mol. The highest BCUT2D eigenvalue weighted by Gasteiger charge is 2.10. The van der Waals surface area contributed by atoms with Crippen molar-refractivity contribution in [2.75, 3.05) is 0 Å². The van der Waals surface area contributed by atoms with Gasteiger partial charge in [0, 0.05) is 5.56 Å². The van der Waals surface area contributed by atoms with Crippen LogP contribution < -0.4 is 0 Å². The van der Waals surface area contributed by atoms with Crippen molar-refractivity contribution in [3.63, 3.8) is 0 Å². The molecule has 3 rings (SSSR count). The number of aromatic nitrogens is 2. The molecule has 1 aromatic heterocycles. The third-order valence-electron chi connectivity index (χ3n) is 2.66. The molecule has 0 spiro atoms. The van der Waals surface area contributed by atoms with Crippen molar-refractivity contribution in [2.45, 2.75) is 0 Å². The first-order valence-corrected chi connectivity index (χ1v) is 5.81. The zero-order valence-corrected chi connectivity index (χ0v) is 10.0. The van der Waals surface area contributed by atoms with Gasteiger partial charge in [0.05, 0.1) is 10.9 Å². The molecule has 0 aliphatic heterocycles. The highest BCUT2D eigenvalue weighted by molar-refractivity contribution is 6.34. The molecule has 2 nitrogen and oxygen atoms in total. The second-order valence-electron chi connectivity index (χ2n) is 3.84. The van der Waals surface area contributed by atoms with Crippen molar-refractivity contribution < 1.29 is 4.39 Å². The van der Waals surface area contributed by atoms with Gasteiger partial charge in [0.25, 0.3) is 0 Å². The Morgan fingerprint density at radius 3 is 2.44 bits per heavy atom. The molecule has 18 heavy (non-hydrogen) atoms. The molecule has 0 aliphatic rings. The average Bonchev–Trinajstić information content (AvgIpc) is 2.39. The van der Waals surface area contributed by atoms with Gasteiger partial charge in [-0.3, -0.25) is 0 Å². The van der Waals surface area contributed by atoms with E-state index < -0.39 is 5.82 Å². The van der Waals surface area contributed by atoms with Crippen molar-refractivity contribution in [1.29, 1.82) is 0 Å². The summed E-state index contributed by atoms with van der Waals surface area (Å²) in [4.78, 5) is 8.48. The zero-order valence-electron chi connectivity index (χ0n) is 9.27. The summed E-state index contributed by atoms with van der Waals surface area (Å²) in [6, 6.07) is 14.1. The van der Waals surface area contributed by atoms with E-state index in [0.717, 1.165) is 5.56 Å². The van der Waals surface area contributed by atoms with Crippen molar-refractivity contribution in [3.8, 4) is 11.4 Å². The Hall–Kier alpha value is -2.00. The quantitative estimate of drug-likeness (QED) is 0.615. The first kappa shape index (κ1) is 11.1. The lowest BCUT2D eigenvalue weighted by Gasteiger charge is -2.05. The molecule has 0 fully saturated rings. The zero-order chi connectivity index (χ0) is 12.5. The van der Waals surface area contributed by atoms with Gasteiger partial charge in [-0.05, 0) is 12.1 Å². The van der Waals surface area contributed by atoms with Crippen molar-refractivity contribution >= 4 is 22.5 Å². The Morgan fingerprint density at radius 1 is 0.889 bits per heavy atom. The number of hydrogen-bond donors (Lipinski definition) is 0. The smallest absolute Gasteiger partial charge is 0.161 e. The summed E-state index contributed by atoms with van der Waals surface area (Å²) in [5.74, 6) is 0.0933. The molecule has 0 radical (unpaired) electrons. The fourth-order valence-corrected chi connectivity index (χ4v) is 2.08. The number of halogens is 2. The Balaban J connectivity index is 2.29. The van der Waals surface area contributed by atoms with E-state index in [1.165, 1.54) is 6.07 Å². The van der Waals surface area contributed by atoms with E-state index in [9.17, 15) is 4.39 Å². The highest BCUT2D eigenvalue weighted by Crippen LogP contribution is 2.26. The van der Waals surface area contributed by atoms with Gasteiger partial charge in [0.1, 0.15) is 11.0 Å². The largest absolute Gasteiger partial charge is 0.228 e. The van der Waals surface area contributed by atoms with Crippen molar-refractivity contribution in [1.82, 2.24) is 9.97 Å². The van der Waals surface area contributed by atoms with E-state index in [1.54, 1.807) is 12.1 Å². The first-order valence-electron chi connectivity index (χ1n) is 5.43. The molecule has 88 valence electrons. The summed E-state index contributed by atoms with van der Waals surface area (Å²) in [5, 5.41) is 0.399. The Bertz CT molecular complexity index is 714. The van der Waals surface area contributed by atoms with E-state index >= 15 is 0 Å². The van der Waals surface area contributed by atoms with Crippen LogP contribution in [0.4, 0.5) is 4.39 Å². The van der Waals surface area contributed by atoms with Gasteiger partial charge in [0.15, 0.2) is 5.82 Å². The van der Waals surface area contributed by atoms with Crippen LogP contribution in [0.2, 0.25) is 5.15 Å². The first-order chi connectivity index (χ1) is 8.75. The van der Waals surface area contributed by atoms with E-state index in [0.29, 0.717) is 11.3 Å². The highest BCUT2D eigenvalue weighted by atomic mass is 35.5. The third kappa shape index (κ3) is 1.83. The molecule has 0 saturated heterocycles. The standard InChI is InChI=1S/C14H8ClFN2/c15-13-12-10(16)7-4-8-11(12)17-14(18-13)9-5-2-1-3-6-9/h1-8H. The summed E-state index contributed by atoms with van der Waals surface area (Å²) in [7, 11) is 0. The maximum Gasteiger partial charge on any atom is 0.161 e. The molecule has 4 heteroatoms. The number of nitrogens with zero attached hydrogens (tertiary/aromatic N) is 2. The van der Waals surface area contributed by atoms with E-state index in [2.05, 4.69) is 9.97 Å². The van der Waals surface area contributed by atoms with Crippen LogP contribution >= 0.6 is 11.6 Å². The van der Waals surface area contributed by atoms with Crippen LogP contribution in [0.15, 0.2) is 48.5 Å². The van der Waals surface area contributed by atoms with Gasteiger partial charge in [-0.2, -0.15) is 0 Å². The third-order valence-corrected chi connectivity index (χ3v) is 2.93. The van der Waals surface area contributed by atoms with Crippen LogP contribution in [0.3, 0.4) is 0 Å². The second kappa shape index (κ2) is 4.35. The lowest BCUT2D eigenvalue weighted by molar-refractivity contribution is 0.639. The molecule has 1 heterocycles. The fourth-order valence-electron chi connectivity index (χ4n) is 1.81. The minimum atomic E-state index is -0.405. The summed E-state index contributed by atoms with van der Waals surface area (Å²) in [6.45, 7) is 0. The van der Waals surface area contributed by atoms with Crippen LogP contribution in [0.1, 0.15) is 0 Å². The van der Waals surface area contributed by atoms with Crippen molar-refractivity contribution in [3.05, 3.63) is 59.5 Å². The number of rotatable bonds is 1.